The highest BCUT2D eigenvalue weighted by atomic mass is 16.5. The van der Waals surface area contributed by atoms with Crippen molar-refractivity contribution >= 4 is 5.91 Å². The Labute approximate surface area is 161 Å². The molecule has 0 aromatic heterocycles. The van der Waals surface area contributed by atoms with Crippen LogP contribution >= 0.6 is 0 Å². The smallest absolute Gasteiger partial charge is 0.228 e. The summed E-state index contributed by atoms with van der Waals surface area (Å²) in [6.07, 6.45) is 3.05. The summed E-state index contributed by atoms with van der Waals surface area (Å²) in [4.78, 5) is 14.9. The van der Waals surface area contributed by atoms with Gasteiger partial charge in [0.25, 0.3) is 0 Å². The molecule has 4 rings (SSSR count). The Bertz CT molecular complexity index is 820. The van der Waals surface area contributed by atoms with E-state index in [1.807, 2.05) is 37.3 Å². The summed E-state index contributed by atoms with van der Waals surface area (Å²) in [5.41, 5.74) is 8.99. The van der Waals surface area contributed by atoms with Crippen molar-refractivity contribution in [3.63, 3.8) is 0 Å². The molecule has 0 spiro atoms. The lowest BCUT2D eigenvalue weighted by atomic mass is 9.70. The first-order chi connectivity index (χ1) is 13.1. The highest BCUT2D eigenvalue weighted by Crippen LogP contribution is 2.38. The normalized spacial score (nSPS) is 21.4. The fourth-order valence-corrected chi connectivity index (χ4v) is 4.55. The third-order valence-corrected chi connectivity index (χ3v) is 6.44. The minimum absolute atomic E-state index is 0.223. The van der Waals surface area contributed by atoms with Crippen LogP contribution in [0.15, 0.2) is 48.5 Å². The van der Waals surface area contributed by atoms with Crippen LogP contribution in [0.2, 0.25) is 0 Å². The van der Waals surface area contributed by atoms with Gasteiger partial charge in [0, 0.05) is 19.5 Å². The van der Waals surface area contributed by atoms with Gasteiger partial charge in [-0.3, -0.25) is 4.79 Å². The standard InChI is InChI=1S/C23H28N2O2/c1-23(22(24)26,19-5-3-2-4-6-19)20-10-13-25(16-20)12-9-17-7-8-21-18(15-17)11-14-27-21/h2-8,15,20H,9-14,16H2,1H3,(H2,24,26)/t20-,23-/m1/s1. The Morgan fingerprint density at radius 3 is 2.85 bits per heavy atom. The molecular formula is C23H28N2O2. The van der Waals surface area contributed by atoms with Crippen LogP contribution in [-0.2, 0) is 23.1 Å². The predicted octanol–water partition coefficient (Wildman–Crippen LogP) is 2.93. The van der Waals surface area contributed by atoms with Crippen molar-refractivity contribution in [3.05, 3.63) is 65.2 Å². The molecule has 2 aliphatic heterocycles. The number of carbonyl (C=O) groups excluding carboxylic acids is 1. The van der Waals surface area contributed by atoms with Crippen molar-refractivity contribution in [2.45, 2.75) is 31.6 Å². The van der Waals surface area contributed by atoms with Crippen LogP contribution in [0, 0.1) is 5.92 Å². The number of ether oxygens (including phenoxy) is 1. The zero-order valence-electron chi connectivity index (χ0n) is 16.0. The zero-order chi connectivity index (χ0) is 18.9. The van der Waals surface area contributed by atoms with Gasteiger partial charge in [0.15, 0.2) is 0 Å². The molecule has 0 radical (unpaired) electrons. The van der Waals surface area contributed by atoms with E-state index < -0.39 is 5.41 Å². The number of nitrogens with two attached hydrogens (primary N) is 1. The molecule has 2 N–H and O–H groups in total. The molecule has 0 bridgehead atoms. The van der Waals surface area contributed by atoms with E-state index in [9.17, 15) is 4.79 Å². The number of hydrogen-bond donors (Lipinski definition) is 1. The van der Waals surface area contributed by atoms with Crippen LogP contribution in [-0.4, -0.2) is 37.0 Å². The number of likely N-dealkylation sites (tertiary alicyclic amines) is 1. The first kappa shape index (κ1) is 18.1. The third kappa shape index (κ3) is 3.46. The molecule has 2 aromatic rings. The molecule has 4 nitrogen and oxygen atoms in total. The maximum absolute atomic E-state index is 12.4. The highest BCUT2D eigenvalue weighted by molar-refractivity contribution is 5.86. The number of nitrogens with zero attached hydrogens (tertiary/aromatic N) is 1. The van der Waals surface area contributed by atoms with E-state index in [4.69, 9.17) is 10.5 Å². The number of fused-ring (bicyclic) bond motifs is 1. The second-order valence-electron chi connectivity index (χ2n) is 8.01. The van der Waals surface area contributed by atoms with Gasteiger partial charge < -0.3 is 15.4 Å². The average Bonchev–Trinajstić information content (AvgIpc) is 3.35. The zero-order valence-corrected chi connectivity index (χ0v) is 16.0. The Balaban J connectivity index is 1.41. The summed E-state index contributed by atoms with van der Waals surface area (Å²) in [5, 5.41) is 0. The van der Waals surface area contributed by atoms with Gasteiger partial charge in [-0.2, -0.15) is 0 Å². The number of carbonyl (C=O) groups is 1. The Morgan fingerprint density at radius 2 is 2.07 bits per heavy atom. The van der Waals surface area contributed by atoms with Crippen LogP contribution in [0.4, 0.5) is 0 Å². The molecule has 0 unspecified atom stereocenters. The maximum Gasteiger partial charge on any atom is 0.228 e. The molecule has 1 saturated heterocycles. The SMILES string of the molecule is C[C@@](C(N)=O)(c1ccccc1)[C@@H]1CCN(CCc2ccc3c(c2)CCO3)C1. The van der Waals surface area contributed by atoms with Crippen molar-refractivity contribution in [2.75, 3.05) is 26.2 Å². The fraction of sp³-hybridized carbons (Fsp3) is 0.435. The summed E-state index contributed by atoms with van der Waals surface area (Å²) < 4.78 is 5.59. The topological polar surface area (TPSA) is 55.6 Å². The number of rotatable bonds is 6. The van der Waals surface area contributed by atoms with Crippen molar-refractivity contribution in [1.82, 2.24) is 4.90 Å². The van der Waals surface area contributed by atoms with Gasteiger partial charge in [0.2, 0.25) is 5.91 Å². The van der Waals surface area contributed by atoms with E-state index in [1.165, 1.54) is 11.1 Å². The fourth-order valence-electron chi connectivity index (χ4n) is 4.55. The Hall–Kier alpha value is -2.33. The van der Waals surface area contributed by atoms with E-state index in [-0.39, 0.29) is 11.8 Å². The van der Waals surface area contributed by atoms with E-state index in [0.29, 0.717) is 0 Å². The first-order valence-electron chi connectivity index (χ1n) is 9.90. The minimum Gasteiger partial charge on any atom is -0.493 e. The number of benzene rings is 2. The maximum atomic E-state index is 12.4. The van der Waals surface area contributed by atoms with Crippen molar-refractivity contribution in [2.24, 2.45) is 11.7 Å². The molecule has 142 valence electrons. The van der Waals surface area contributed by atoms with Crippen molar-refractivity contribution < 1.29 is 9.53 Å². The second-order valence-corrected chi connectivity index (χ2v) is 8.01. The van der Waals surface area contributed by atoms with Gasteiger partial charge in [0.05, 0.1) is 12.0 Å². The molecule has 2 atom stereocenters. The monoisotopic (exact) mass is 364 g/mol. The van der Waals surface area contributed by atoms with Crippen molar-refractivity contribution in [1.29, 1.82) is 0 Å². The first-order valence-corrected chi connectivity index (χ1v) is 9.90. The predicted molar refractivity (Wildman–Crippen MR) is 107 cm³/mol. The molecule has 0 saturated carbocycles. The molecule has 2 aliphatic rings. The molecule has 0 aliphatic carbocycles. The van der Waals surface area contributed by atoms with Crippen LogP contribution in [0.5, 0.6) is 5.75 Å². The summed E-state index contributed by atoms with van der Waals surface area (Å²) >= 11 is 0. The molecule has 4 heteroatoms. The lowest BCUT2D eigenvalue weighted by molar-refractivity contribution is -0.124. The van der Waals surface area contributed by atoms with Crippen molar-refractivity contribution in [3.8, 4) is 5.75 Å². The Morgan fingerprint density at radius 1 is 1.26 bits per heavy atom. The van der Waals surface area contributed by atoms with E-state index in [0.717, 1.165) is 56.8 Å². The van der Waals surface area contributed by atoms with E-state index >= 15 is 0 Å². The molecule has 1 amide bonds. The van der Waals surface area contributed by atoms with E-state index in [2.05, 4.69) is 23.1 Å². The van der Waals surface area contributed by atoms with Gasteiger partial charge in [0.1, 0.15) is 5.75 Å². The van der Waals surface area contributed by atoms with Gasteiger partial charge >= 0.3 is 0 Å². The molecule has 2 heterocycles. The Kier molecular flexibility index (Phi) is 4.92. The third-order valence-electron chi connectivity index (χ3n) is 6.44. The summed E-state index contributed by atoms with van der Waals surface area (Å²) in [5.74, 6) is 1.07. The van der Waals surface area contributed by atoms with Gasteiger partial charge in [-0.15, -0.1) is 0 Å². The summed E-state index contributed by atoms with van der Waals surface area (Å²) in [7, 11) is 0. The lowest BCUT2D eigenvalue weighted by Gasteiger charge is -2.33. The quantitative estimate of drug-likeness (QED) is 0.857. The van der Waals surface area contributed by atoms with E-state index in [1.54, 1.807) is 0 Å². The average molecular weight is 364 g/mol. The number of hydrogen-bond acceptors (Lipinski definition) is 3. The number of amides is 1. The van der Waals surface area contributed by atoms with Gasteiger partial charge in [-0.25, -0.2) is 0 Å². The second kappa shape index (κ2) is 7.35. The molecule has 1 fully saturated rings. The van der Waals surface area contributed by atoms with Gasteiger partial charge in [-0.05, 0) is 55.0 Å². The van der Waals surface area contributed by atoms with Crippen LogP contribution in [0.3, 0.4) is 0 Å². The van der Waals surface area contributed by atoms with Crippen LogP contribution in [0.1, 0.15) is 30.0 Å². The minimum atomic E-state index is -0.610. The molecule has 27 heavy (non-hydrogen) atoms. The highest BCUT2D eigenvalue weighted by Gasteiger charge is 2.44. The molecular weight excluding hydrogens is 336 g/mol. The largest absolute Gasteiger partial charge is 0.493 e. The van der Waals surface area contributed by atoms with Crippen LogP contribution in [0.25, 0.3) is 0 Å². The molecule has 2 aromatic carbocycles. The summed E-state index contributed by atoms with van der Waals surface area (Å²) in [6.45, 7) is 5.77. The van der Waals surface area contributed by atoms with Crippen LogP contribution < -0.4 is 10.5 Å². The van der Waals surface area contributed by atoms with Gasteiger partial charge in [-0.1, -0.05) is 42.5 Å². The lowest BCUT2D eigenvalue weighted by Crippen LogP contribution is -2.46. The number of primary amides is 1. The summed E-state index contributed by atoms with van der Waals surface area (Å²) in [6, 6.07) is 16.6.